The van der Waals surface area contributed by atoms with Crippen LogP contribution in [0.3, 0.4) is 0 Å². The first kappa shape index (κ1) is 23.0. The van der Waals surface area contributed by atoms with Gasteiger partial charge in [-0.1, -0.05) is 60.7 Å². The molecule has 2 aromatic heterocycles. The Labute approximate surface area is 190 Å². The molecule has 0 aliphatic heterocycles. The van der Waals surface area contributed by atoms with E-state index in [0.29, 0.717) is 4.57 Å². The number of amides is 1. The van der Waals surface area contributed by atoms with E-state index in [1.165, 1.54) is 10.9 Å². The first-order valence-corrected chi connectivity index (χ1v) is 10.3. The first-order chi connectivity index (χ1) is 16.2. The van der Waals surface area contributed by atoms with Gasteiger partial charge in [0.25, 0.3) is 5.56 Å². The zero-order valence-electron chi connectivity index (χ0n) is 17.8. The van der Waals surface area contributed by atoms with Crippen molar-refractivity contribution in [2.75, 3.05) is 6.54 Å². The number of nitrogens with zero attached hydrogens (tertiary/aromatic N) is 4. The van der Waals surface area contributed by atoms with E-state index in [9.17, 15) is 27.6 Å². The van der Waals surface area contributed by atoms with Gasteiger partial charge < -0.3 is 9.88 Å². The van der Waals surface area contributed by atoms with Gasteiger partial charge in [-0.25, -0.2) is 14.3 Å². The van der Waals surface area contributed by atoms with Crippen LogP contribution in [0.25, 0.3) is 11.2 Å². The Bertz CT molecular complexity index is 1420. The van der Waals surface area contributed by atoms with Crippen LogP contribution in [0.15, 0.2) is 76.6 Å². The summed E-state index contributed by atoms with van der Waals surface area (Å²) in [7, 11) is 0. The number of carbonyl (C=O) groups is 1. The molecule has 0 saturated carbocycles. The number of aromatic nitrogens is 4. The van der Waals surface area contributed by atoms with Crippen LogP contribution >= 0.6 is 0 Å². The van der Waals surface area contributed by atoms with E-state index in [-0.39, 0.29) is 24.3 Å². The second kappa shape index (κ2) is 9.38. The molecule has 2 aromatic carbocycles. The predicted molar refractivity (Wildman–Crippen MR) is 118 cm³/mol. The molecule has 0 spiro atoms. The quantitative estimate of drug-likeness (QED) is 0.447. The molecule has 0 aliphatic carbocycles. The summed E-state index contributed by atoms with van der Waals surface area (Å²) >= 11 is 0. The normalized spacial score (nSPS) is 11.6. The number of alkyl halides is 3. The third kappa shape index (κ3) is 5.08. The average molecular weight is 471 g/mol. The third-order valence-electron chi connectivity index (χ3n) is 5.15. The minimum Gasteiger partial charge on any atom is -0.345 e. The first-order valence-electron chi connectivity index (χ1n) is 10.3. The summed E-state index contributed by atoms with van der Waals surface area (Å²) in [5.74, 6) is -1.10. The van der Waals surface area contributed by atoms with Gasteiger partial charge in [0.15, 0.2) is 11.2 Å². The van der Waals surface area contributed by atoms with Crippen LogP contribution in [-0.2, 0) is 24.4 Å². The zero-order valence-corrected chi connectivity index (χ0v) is 17.8. The van der Waals surface area contributed by atoms with Crippen molar-refractivity contribution in [1.29, 1.82) is 0 Å². The highest BCUT2D eigenvalue weighted by atomic mass is 19.4. The Morgan fingerprint density at radius 1 is 0.882 bits per heavy atom. The molecule has 0 atom stereocenters. The van der Waals surface area contributed by atoms with E-state index >= 15 is 0 Å². The van der Waals surface area contributed by atoms with Crippen molar-refractivity contribution in [3.63, 3.8) is 0 Å². The smallest absolute Gasteiger partial charge is 0.345 e. The number of hydrogen-bond donors (Lipinski definition) is 1. The Kier molecular flexibility index (Phi) is 6.35. The molecule has 1 N–H and O–H groups in total. The number of halogens is 3. The van der Waals surface area contributed by atoms with Gasteiger partial charge in [0.1, 0.15) is 13.1 Å². The van der Waals surface area contributed by atoms with Crippen molar-refractivity contribution in [3.8, 4) is 0 Å². The fourth-order valence-corrected chi connectivity index (χ4v) is 3.58. The predicted octanol–water partition coefficient (Wildman–Crippen LogP) is 2.13. The number of imidazole rings is 1. The summed E-state index contributed by atoms with van der Waals surface area (Å²) < 4.78 is 40.9. The Morgan fingerprint density at radius 2 is 1.47 bits per heavy atom. The van der Waals surface area contributed by atoms with Crippen molar-refractivity contribution in [1.82, 2.24) is 24.0 Å². The number of rotatable bonds is 7. The highest BCUT2D eigenvalue weighted by molar-refractivity contribution is 5.76. The van der Waals surface area contributed by atoms with Crippen molar-refractivity contribution >= 4 is 17.1 Å². The average Bonchev–Trinajstić information content (AvgIpc) is 3.22. The third-order valence-corrected chi connectivity index (χ3v) is 5.15. The minimum absolute atomic E-state index is 0.0585. The molecule has 2 heterocycles. The molecule has 8 nitrogen and oxygen atoms in total. The van der Waals surface area contributed by atoms with Crippen molar-refractivity contribution in [2.45, 2.75) is 25.8 Å². The van der Waals surface area contributed by atoms with Gasteiger partial charge in [0.05, 0.1) is 12.9 Å². The standard InChI is InChI=1S/C23H20F3N5O3/c24-23(25,26)14-27-18(32)13-31-21(33)19-20(28-15-29(19)11-16-7-3-1-4-8-16)30(22(31)34)12-17-9-5-2-6-10-17/h1-10,15H,11-14H2,(H,27,32). The van der Waals surface area contributed by atoms with Crippen LogP contribution in [0.1, 0.15) is 11.1 Å². The van der Waals surface area contributed by atoms with Crippen molar-refractivity contribution < 1.29 is 18.0 Å². The minimum atomic E-state index is -4.62. The van der Waals surface area contributed by atoms with Crippen LogP contribution < -0.4 is 16.6 Å². The maximum atomic E-state index is 13.2. The molecule has 176 valence electrons. The van der Waals surface area contributed by atoms with Gasteiger partial charge in [0, 0.05) is 6.54 Å². The zero-order chi connectivity index (χ0) is 24.3. The molecule has 11 heteroatoms. The van der Waals surface area contributed by atoms with Crippen LogP contribution in [0.4, 0.5) is 13.2 Å². The summed E-state index contributed by atoms with van der Waals surface area (Å²) in [5, 5.41) is 1.70. The van der Waals surface area contributed by atoms with E-state index < -0.39 is 36.4 Å². The molecule has 34 heavy (non-hydrogen) atoms. The summed E-state index contributed by atoms with van der Waals surface area (Å²) in [5.41, 5.74) is 0.171. The summed E-state index contributed by atoms with van der Waals surface area (Å²) in [6.45, 7) is -2.08. The van der Waals surface area contributed by atoms with Gasteiger partial charge in [0.2, 0.25) is 5.91 Å². The van der Waals surface area contributed by atoms with Crippen molar-refractivity contribution in [3.05, 3.63) is 99.0 Å². The fourth-order valence-electron chi connectivity index (χ4n) is 3.58. The molecular weight excluding hydrogens is 451 g/mol. The lowest BCUT2D eigenvalue weighted by atomic mass is 10.2. The van der Waals surface area contributed by atoms with E-state index in [1.54, 1.807) is 34.1 Å². The van der Waals surface area contributed by atoms with Crippen molar-refractivity contribution in [2.24, 2.45) is 0 Å². The lowest BCUT2D eigenvalue weighted by Crippen LogP contribution is -2.45. The molecule has 0 bridgehead atoms. The van der Waals surface area contributed by atoms with E-state index in [4.69, 9.17) is 0 Å². The second-order valence-electron chi connectivity index (χ2n) is 7.67. The summed E-state index contributed by atoms with van der Waals surface area (Å²) in [4.78, 5) is 42.9. The van der Waals surface area contributed by atoms with Gasteiger partial charge in [-0.05, 0) is 11.1 Å². The van der Waals surface area contributed by atoms with Gasteiger partial charge >= 0.3 is 11.9 Å². The number of benzene rings is 2. The maximum absolute atomic E-state index is 13.2. The molecular formula is C23H20F3N5O3. The number of fused-ring (bicyclic) bond motifs is 1. The van der Waals surface area contributed by atoms with E-state index in [2.05, 4.69) is 4.98 Å². The monoisotopic (exact) mass is 471 g/mol. The van der Waals surface area contributed by atoms with E-state index in [0.717, 1.165) is 11.1 Å². The molecule has 4 aromatic rings. The molecule has 0 saturated heterocycles. The fraction of sp³-hybridized carbons (Fsp3) is 0.217. The molecule has 0 aliphatic rings. The number of nitrogens with one attached hydrogen (secondary N) is 1. The Hall–Kier alpha value is -4.15. The number of carbonyl (C=O) groups excluding carboxylic acids is 1. The Balaban J connectivity index is 1.81. The molecule has 1 amide bonds. The highest BCUT2D eigenvalue weighted by Crippen LogP contribution is 2.13. The molecule has 0 unspecified atom stereocenters. The highest BCUT2D eigenvalue weighted by Gasteiger charge is 2.28. The summed E-state index contributed by atoms with van der Waals surface area (Å²) in [6.07, 6.45) is -3.19. The topological polar surface area (TPSA) is 90.9 Å². The van der Waals surface area contributed by atoms with Crippen LogP contribution in [-0.4, -0.2) is 37.3 Å². The van der Waals surface area contributed by atoms with Crippen LogP contribution in [0.5, 0.6) is 0 Å². The maximum Gasteiger partial charge on any atom is 0.405 e. The lowest BCUT2D eigenvalue weighted by molar-refractivity contribution is -0.138. The molecule has 0 radical (unpaired) electrons. The summed E-state index contributed by atoms with van der Waals surface area (Å²) in [6, 6.07) is 18.2. The largest absolute Gasteiger partial charge is 0.405 e. The van der Waals surface area contributed by atoms with Gasteiger partial charge in [-0.15, -0.1) is 0 Å². The van der Waals surface area contributed by atoms with Crippen LogP contribution in [0, 0.1) is 0 Å². The lowest BCUT2D eigenvalue weighted by Gasteiger charge is -2.13. The van der Waals surface area contributed by atoms with Crippen LogP contribution in [0.2, 0.25) is 0 Å². The Morgan fingerprint density at radius 3 is 2.06 bits per heavy atom. The van der Waals surface area contributed by atoms with Gasteiger partial charge in [-0.2, -0.15) is 13.2 Å². The second-order valence-corrected chi connectivity index (χ2v) is 7.67. The number of hydrogen-bond acceptors (Lipinski definition) is 4. The van der Waals surface area contributed by atoms with Gasteiger partial charge in [-0.3, -0.25) is 14.2 Å². The molecule has 0 fully saturated rings. The van der Waals surface area contributed by atoms with E-state index in [1.807, 2.05) is 36.4 Å². The molecule has 4 rings (SSSR count). The SMILES string of the molecule is O=C(Cn1c(=O)c2c(ncn2Cc2ccccc2)n(Cc2ccccc2)c1=O)NCC(F)(F)F.